The number of carboxylic acids is 1. The van der Waals surface area contributed by atoms with Crippen LogP contribution < -0.4 is 5.32 Å². The summed E-state index contributed by atoms with van der Waals surface area (Å²) < 4.78 is 0. The number of anilines is 1. The Morgan fingerprint density at radius 2 is 1.95 bits per heavy atom. The molecule has 0 aromatic heterocycles. The zero-order valence-corrected chi connectivity index (χ0v) is 11.4. The molecule has 0 aliphatic heterocycles. The Morgan fingerprint density at radius 1 is 1.16 bits per heavy atom. The molecule has 0 saturated carbocycles. The van der Waals surface area contributed by atoms with Crippen molar-refractivity contribution in [1.82, 2.24) is 0 Å². The van der Waals surface area contributed by atoms with Crippen molar-refractivity contribution in [2.45, 2.75) is 6.54 Å². The monoisotopic (exact) mass is 295 g/mol. The van der Waals surface area contributed by atoms with E-state index < -0.39 is 5.97 Å². The minimum absolute atomic E-state index is 0.0926. The molecule has 98 valence electrons. The van der Waals surface area contributed by atoms with Gasteiger partial charge in [-0.15, -0.1) is 0 Å². The van der Waals surface area contributed by atoms with Crippen molar-refractivity contribution in [3.05, 3.63) is 63.6 Å². The lowest BCUT2D eigenvalue weighted by Crippen LogP contribution is -2.01. The van der Waals surface area contributed by atoms with Crippen LogP contribution in [-0.4, -0.2) is 11.1 Å². The standard InChI is InChI=1S/C14H11Cl2NO2/c15-10-3-1-2-9(6-10)8-17-11-4-5-12(14(18)19)13(16)7-11/h1-7,17H,8H2,(H,18,19). The van der Waals surface area contributed by atoms with Crippen LogP contribution in [0.5, 0.6) is 0 Å². The van der Waals surface area contributed by atoms with Gasteiger partial charge in [0, 0.05) is 17.3 Å². The van der Waals surface area contributed by atoms with Gasteiger partial charge in [-0.25, -0.2) is 4.79 Å². The first-order valence-electron chi connectivity index (χ1n) is 5.57. The number of hydrogen-bond acceptors (Lipinski definition) is 2. The van der Waals surface area contributed by atoms with Crippen LogP contribution >= 0.6 is 23.2 Å². The third kappa shape index (κ3) is 3.63. The van der Waals surface area contributed by atoms with Gasteiger partial charge in [0.1, 0.15) is 0 Å². The molecule has 2 rings (SSSR count). The van der Waals surface area contributed by atoms with E-state index in [2.05, 4.69) is 5.32 Å². The molecule has 0 atom stereocenters. The molecule has 0 radical (unpaired) electrons. The fourth-order valence-corrected chi connectivity index (χ4v) is 2.12. The summed E-state index contributed by atoms with van der Waals surface area (Å²) in [5.74, 6) is -1.04. The Balaban J connectivity index is 2.08. The fourth-order valence-electron chi connectivity index (χ4n) is 1.65. The minimum Gasteiger partial charge on any atom is -0.478 e. The van der Waals surface area contributed by atoms with Crippen LogP contribution in [0.25, 0.3) is 0 Å². The van der Waals surface area contributed by atoms with Crippen molar-refractivity contribution in [2.24, 2.45) is 0 Å². The van der Waals surface area contributed by atoms with Crippen molar-refractivity contribution >= 4 is 34.9 Å². The highest BCUT2D eigenvalue weighted by atomic mass is 35.5. The number of hydrogen-bond donors (Lipinski definition) is 2. The van der Waals surface area contributed by atoms with Crippen molar-refractivity contribution in [3.63, 3.8) is 0 Å². The second-order valence-corrected chi connectivity index (χ2v) is 4.83. The first-order chi connectivity index (χ1) is 9.06. The highest BCUT2D eigenvalue weighted by Crippen LogP contribution is 2.21. The number of halogens is 2. The lowest BCUT2D eigenvalue weighted by atomic mass is 10.2. The fraction of sp³-hybridized carbons (Fsp3) is 0.0714. The number of aromatic carboxylic acids is 1. The van der Waals surface area contributed by atoms with Gasteiger partial charge in [-0.2, -0.15) is 0 Å². The zero-order chi connectivity index (χ0) is 13.8. The second-order valence-electron chi connectivity index (χ2n) is 3.98. The lowest BCUT2D eigenvalue weighted by Gasteiger charge is -2.08. The summed E-state index contributed by atoms with van der Waals surface area (Å²) >= 11 is 11.8. The second kappa shape index (κ2) is 5.95. The van der Waals surface area contributed by atoms with Crippen molar-refractivity contribution < 1.29 is 9.90 Å². The summed E-state index contributed by atoms with van der Waals surface area (Å²) in [7, 11) is 0. The molecule has 2 aromatic carbocycles. The summed E-state index contributed by atoms with van der Waals surface area (Å²) in [4.78, 5) is 10.8. The quantitative estimate of drug-likeness (QED) is 0.884. The maximum Gasteiger partial charge on any atom is 0.337 e. The molecular formula is C14H11Cl2NO2. The number of carbonyl (C=O) groups is 1. The number of benzene rings is 2. The number of carboxylic acid groups (broad SMARTS) is 1. The van der Waals surface area contributed by atoms with E-state index in [-0.39, 0.29) is 10.6 Å². The van der Waals surface area contributed by atoms with Crippen LogP contribution in [0.4, 0.5) is 5.69 Å². The van der Waals surface area contributed by atoms with Crippen LogP contribution in [0.3, 0.4) is 0 Å². The van der Waals surface area contributed by atoms with E-state index in [1.165, 1.54) is 6.07 Å². The minimum atomic E-state index is -1.04. The van der Waals surface area contributed by atoms with Gasteiger partial charge in [-0.1, -0.05) is 35.3 Å². The van der Waals surface area contributed by atoms with Crippen LogP contribution in [-0.2, 0) is 6.54 Å². The molecule has 0 unspecified atom stereocenters. The molecule has 0 aliphatic carbocycles. The lowest BCUT2D eigenvalue weighted by molar-refractivity contribution is 0.0697. The summed E-state index contributed by atoms with van der Waals surface area (Å²) in [5.41, 5.74) is 1.89. The largest absolute Gasteiger partial charge is 0.478 e. The first kappa shape index (κ1) is 13.7. The first-order valence-corrected chi connectivity index (χ1v) is 6.33. The average molecular weight is 296 g/mol. The SMILES string of the molecule is O=C(O)c1ccc(NCc2cccc(Cl)c2)cc1Cl. The molecule has 5 heteroatoms. The Bertz CT molecular complexity index is 614. The highest BCUT2D eigenvalue weighted by Gasteiger charge is 2.08. The number of rotatable bonds is 4. The molecule has 0 fully saturated rings. The molecule has 2 aromatic rings. The van der Waals surface area contributed by atoms with Crippen molar-refractivity contribution in [1.29, 1.82) is 0 Å². The summed E-state index contributed by atoms with van der Waals surface area (Å²) in [6.07, 6.45) is 0. The van der Waals surface area contributed by atoms with E-state index in [1.807, 2.05) is 24.3 Å². The molecule has 0 heterocycles. The van der Waals surface area contributed by atoms with Gasteiger partial charge in [-0.3, -0.25) is 0 Å². The molecule has 0 bridgehead atoms. The predicted molar refractivity (Wildman–Crippen MR) is 77.2 cm³/mol. The smallest absolute Gasteiger partial charge is 0.337 e. The van der Waals surface area contributed by atoms with Crippen LogP contribution in [0, 0.1) is 0 Å². The third-order valence-electron chi connectivity index (χ3n) is 2.59. The van der Waals surface area contributed by atoms with E-state index in [9.17, 15) is 4.79 Å². The Kier molecular flexibility index (Phi) is 4.30. The highest BCUT2D eigenvalue weighted by molar-refractivity contribution is 6.33. The van der Waals surface area contributed by atoms with Gasteiger partial charge in [-0.05, 0) is 35.9 Å². The van der Waals surface area contributed by atoms with E-state index in [0.717, 1.165) is 11.3 Å². The molecule has 0 aliphatic rings. The summed E-state index contributed by atoms with van der Waals surface area (Å²) in [6, 6.07) is 12.2. The molecule has 0 amide bonds. The van der Waals surface area contributed by atoms with Crippen LogP contribution in [0.15, 0.2) is 42.5 Å². The molecule has 2 N–H and O–H groups in total. The molecule has 19 heavy (non-hydrogen) atoms. The van der Waals surface area contributed by atoms with Gasteiger partial charge >= 0.3 is 5.97 Å². The molecule has 0 spiro atoms. The van der Waals surface area contributed by atoms with Gasteiger partial charge in [0.05, 0.1) is 10.6 Å². The van der Waals surface area contributed by atoms with E-state index in [1.54, 1.807) is 12.1 Å². The van der Waals surface area contributed by atoms with Crippen molar-refractivity contribution in [3.8, 4) is 0 Å². The van der Waals surface area contributed by atoms with Crippen LogP contribution in [0.2, 0.25) is 10.0 Å². The normalized spacial score (nSPS) is 10.2. The zero-order valence-electron chi connectivity index (χ0n) is 9.86. The molecular weight excluding hydrogens is 285 g/mol. The third-order valence-corrected chi connectivity index (χ3v) is 3.13. The maximum atomic E-state index is 10.8. The van der Waals surface area contributed by atoms with Gasteiger partial charge in [0.25, 0.3) is 0 Å². The summed E-state index contributed by atoms with van der Waals surface area (Å²) in [5, 5.41) is 12.9. The Hall–Kier alpha value is -1.71. The predicted octanol–water partition coefficient (Wildman–Crippen LogP) is 4.30. The Labute approximate surface area is 120 Å². The van der Waals surface area contributed by atoms with E-state index in [0.29, 0.717) is 11.6 Å². The van der Waals surface area contributed by atoms with Crippen molar-refractivity contribution in [2.75, 3.05) is 5.32 Å². The van der Waals surface area contributed by atoms with E-state index >= 15 is 0 Å². The van der Waals surface area contributed by atoms with E-state index in [4.69, 9.17) is 28.3 Å². The van der Waals surface area contributed by atoms with Gasteiger partial charge in [0.15, 0.2) is 0 Å². The van der Waals surface area contributed by atoms with Gasteiger partial charge in [0.2, 0.25) is 0 Å². The topological polar surface area (TPSA) is 49.3 Å². The summed E-state index contributed by atoms with van der Waals surface area (Å²) in [6.45, 7) is 0.587. The van der Waals surface area contributed by atoms with Gasteiger partial charge < -0.3 is 10.4 Å². The molecule has 0 saturated heterocycles. The molecule has 3 nitrogen and oxygen atoms in total. The maximum absolute atomic E-state index is 10.8. The average Bonchev–Trinajstić information content (AvgIpc) is 2.36. The number of nitrogens with one attached hydrogen (secondary N) is 1. The Morgan fingerprint density at radius 3 is 2.58 bits per heavy atom. The van der Waals surface area contributed by atoms with Crippen LogP contribution in [0.1, 0.15) is 15.9 Å².